The molecule has 6 heteroatoms. The van der Waals surface area contributed by atoms with Gasteiger partial charge in [-0.15, -0.1) is 0 Å². The summed E-state index contributed by atoms with van der Waals surface area (Å²) < 4.78 is 30.6. The molecule has 0 saturated carbocycles. The lowest BCUT2D eigenvalue weighted by molar-refractivity contribution is 0.217. The fraction of sp³-hybridized carbons (Fsp3) is 0.538. The maximum atomic E-state index is 11.7. The monoisotopic (exact) mass is 286 g/mol. The quantitative estimate of drug-likeness (QED) is 0.764. The molecule has 0 aliphatic rings. The Balaban J connectivity index is 2.66. The second kappa shape index (κ2) is 7.47. The highest BCUT2D eigenvalue weighted by Crippen LogP contribution is 2.16. The summed E-state index contributed by atoms with van der Waals surface area (Å²) in [5, 5.41) is 3.30. The van der Waals surface area contributed by atoms with Gasteiger partial charge < -0.3 is 10.1 Å². The van der Waals surface area contributed by atoms with Gasteiger partial charge >= 0.3 is 0 Å². The molecule has 0 heterocycles. The van der Waals surface area contributed by atoms with Crippen LogP contribution < -0.4 is 10.0 Å². The Kier molecular flexibility index (Phi) is 6.27. The predicted octanol–water partition coefficient (Wildman–Crippen LogP) is 1.75. The summed E-state index contributed by atoms with van der Waals surface area (Å²) in [6, 6.07) is 7.63. The standard InChI is InChI=1S/C13H22N2O3S/c1-4-14-11(2)12-5-7-13(8-6-12)15-19(16,17)10-9-18-3/h5-8,11,14-15H,4,9-10H2,1-3H3. The molecule has 0 fully saturated rings. The van der Waals surface area contributed by atoms with Crippen molar-refractivity contribution in [3.8, 4) is 0 Å². The van der Waals surface area contributed by atoms with Crippen LogP contribution >= 0.6 is 0 Å². The third kappa shape index (κ3) is 5.59. The summed E-state index contributed by atoms with van der Waals surface area (Å²) in [5.41, 5.74) is 1.70. The summed E-state index contributed by atoms with van der Waals surface area (Å²) in [6.07, 6.45) is 0. The van der Waals surface area contributed by atoms with Gasteiger partial charge in [0.2, 0.25) is 10.0 Å². The van der Waals surface area contributed by atoms with Crippen LogP contribution in [0.4, 0.5) is 5.69 Å². The van der Waals surface area contributed by atoms with E-state index in [0.29, 0.717) is 5.69 Å². The summed E-state index contributed by atoms with van der Waals surface area (Å²) in [4.78, 5) is 0. The van der Waals surface area contributed by atoms with Gasteiger partial charge in [-0.2, -0.15) is 0 Å². The lowest BCUT2D eigenvalue weighted by Gasteiger charge is -2.13. The summed E-state index contributed by atoms with van der Waals surface area (Å²) in [5.74, 6) is -0.0426. The molecular weight excluding hydrogens is 264 g/mol. The molecule has 2 N–H and O–H groups in total. The van der Waals surface area contributed by atoms with Crippen molar-refractivity contribution in [2.75, 3.05) is 30.7 Å². The lowest BCUT2D eigenvalue weighted by Crippen LogP contribution is -2.20. The van der Waals surface area contributed by atoms with Crippen LogP contribution in [-0.4, -0.2) is 34.4 Å². The molecule has 1 unspecified atom stereocenters. The van der Waals surface area contributed by atoms with Crippen LogP contribution in [0.2, 0.25) is 0 Å². The summed E-state index contributed by atoms with van der Waals surface area (Å²) in [7, 11) is -1.85. The summed E-state index contributed by atoms with van der Waals surface area (Å²) in [6.45, 7) is 5.20. The number of hydrogen-bond donors (Lipinski definition) is 2. The van der Waals surface area contributed by atoms with E-state index in [1.165, 1.54) is 7.11 Å². The number of nitrogens with one attached hydrogen (secondary N) is 2. The van der Waals surface area contributed by atoms with E-state index in [9.17, 15) is 8.42 Å². The number of ether oxygens (including phenoxy) is 1. The zero-order valence-electron chi connectivity index (χ0n) is 11.6. The van der Waals surface area contributed by atoms with Gasteiger partial charge in [-0.1, -0.05) is 19.1 Å². The molecule has 0 radical (unpaired) electrons. The number of benzene rings is 1. The third-order valence-electron chi connectivity index (χ3n) is 2.75. The SMILES string of the molecule is CCNC(C)c1ccc(NS(=O)(=O)CCOC)cc1. The molecule has 1 atom stereocenters. The van der Waals surface area contributed by atoms with Gasteiger partial charge in [-0.05, 0) is 31.2 Å². The Morgan fingerprint density at radius 2 is 1.89 bits per heavy atom. The number of hydrogen-bond acceptors (Lipinski definition) is 4. The third-order valence-corrected chi connectivity index (χ3v) is 4.00. The van der Waals surface area contributed by atoms with Gasteiger partial charge in [0.05, 0.1) is 12.4 Å². The van der Waals surface area contributed by atoms with Gasteiger partial charge in [0.1, 0.15) is 0 Å². The Hall–Kier alpha value is -1.11. The highest BCUT2D eigenvalue weighted by atomic mass is 32.2. The Labute approximate surface area is 115 Å². The van der Waals surface area contributed by atoms with Crippen LogP contribution in [0.15, 0.2) is 24.3 Å². The van der Waals surface area contributed by atoms with Crippen molar-refractivity contribution in [3.63, 3.8) is 0 Å². The minimum atomic E-state index is -3.33. The van der Waals surface area contributed by atoms with Crippen molar-refractivity contribution in [2.24, 2.45) is 0 Å². The van der Waals surface area contributed by atoms with Crippen LogP contribution in [0.5, 0.6) is 0 Å². The molecule has 0 aromatic heterocycles. The molecule has 0 spiro atoms. The van der Waals surface area contributed by atoms with Crippen LogP contribution in [0.3, 0.4) is 0 Å². The minimum Gasteiger partial charge on any atom is -0.384 e. The fourth-order valence-corrected chi connectivity index (χ4v) is 2.67. The molecule has 108 valence electrons. The largest absolute Gasteiger partial charge is 0.384 e. The average molecular weight is 286 g/mol. The molecule has 0 aliphatic heterocycles. The smallest absolute Gasteiger partial charge is 0.234 e. The number of rotatable bonds is 8. The molecule has 0 saturated heterocycles. The maximum Gasteiger partial charge on any atom is 0.234 e. The zero-order valence-corrected chi connectivity index (χ0v) is 12.5. The Bertz CT molecular complexity index is 471. The minimum absolute atomic E-state index is 0.0426. The van der Waals surface area contributed by atoms with Crippen LogP contribution in [-0.2, 0) is 14.8 Å². The first-order valence-electron chi connectivity index (χ1n) is 6.31. The molecule has 1 aromatic carbocycles. The molecule has 0 aliphatic carbocycles. The van der Waals surface area contributed by atoms with E-state index in [2.05, 4.69) is 23.9 Å². The second-order valence-electron chi connectivity index (χ2n) is 4.32. The molecular formula is C13H22N2O3S. The van der Waals surface area contributed by atoms with Gasteiger partial charge in [-0.25, -0.2) is 8.42 Å². The van der Waals surface area contributed by atoms with E-state index in [0.717, 1.165) is 12.1 Å². The molecule has 1 rings (SSSR count). The molecule has 0 amide bonds. The van der Waals surface area contributed by atoms with E-state index >= 15 is 0 Å². The highest BCUT2D eigenvalue weighted by molar-refractivity contribution is 7.92. The van der Waals surface area contributed by atoms with E-state index in [1.54, 1.807) is 12.1 Å². The fourth-order valence-electron chi connectivity index (χ4n) is 1.69. The van der Waals surface area contributed by atoms with E-state index in [1.807, 2.05) is 12.1 Å². The highest BCUT2D eigenvalue weighted by Gasteiger charge is 2.10. The number of methoxy groups -OCH3 is 1. The van der Waals surface area contributed by atoms with Gasteiger partial charge in [0, 0.05) is 18.8 Å². The van der Waals surface area contributed by atoms with E-state index in [-0.39, 0.29) is 18.4 Å². The Morgan fingerprint density at radius 3 is 2.42 bits per heavy atom. The van der Waals surface area contributed by atoms with Crippen molar-refractivity contribution in [2.45, 2.75) is 19.9 Å². The van der Waals surface area contributed by atoms with Crippen molar-refractivity contribution in [1.82, 2.24) is 5.32 Å². The predicted molar refractivity (Wildman–Crippen MR) is 77.8 cm³/mol. The first-order chi connectivity index (χ1) is 8.98. The summed E-state index contributed by atoms with van der Waals surface area (Å²) >= 11 is 0. The molecule has 0 bridgehead atoms. The van der Waals surface area contributed by atoms with Crippen molar-refractivity contribution in [3.05, 3.63) is 29.8 Å². The first kappa shape index (κ1) is 15.9. The second-order valence-corrected chi connectivity index (χ2v) is 6.16. The Morgan fingerprint density at radius 1 is 1.26 bits per heavy atom. The molecule has 19 heavy (non-hydrogen) atoms. The normalized spacial score (nSPS) is 13.2. The van der Waals surface area contributed by atoms with Crippen molar-refractivity contribution in [1.29, 1.82) is 0 Å². The maximum absolute atomic E-state index is 11.7. The van der Waals surface area contributed by atoms with E-state index < -0.39 is 10.0 Å². The number of sulfonamides is 1. The number of anilines is 1. The van der Waals surface area contributed by atoms with Crippen LogP contribution in [0, 0.1) is 0 Å². The first-order valence-corrected chi connectivity index (χ1v) is 7.96. The average Bonchev–Trinajstić information content (AvgIpc) is 2.37. The molecule has 1 aromatic rings. The van der Waals surface area contributed by atoms with Crippen molar-refractivity contribution < 1.29 is 13.2 Å². The van der Waals surface area contributed by atoms with E-state index in [4.69, 9.17) is 4.74 Å². The van der Waals surface area contributed by atoms with Crippen molar-refractivity contribution >= 4 is 15.7 Å². The van der Waals surface area contributed by atoms with Crippen LogP contribution in [0.25, 0.3) is 0 Å². The van der Waals surface area contributed by atoms with Gasteiger partial charge in [0.15, 0.2) is 0 Å². The lowest BCUT2D eigenvalue weighted by atomic mass is 10.1. The van der Waals surface area contributed by atoms with Gasteiger partial charge in [-0.3, -0.25) is 4.72 Å². The topological polar surface area (TPSA) is 67.4 Å². The van der Waals surface area contributed by atoms with Gasteiger partial charge in [0.25, 0.3) is 0 Å². The van der Waals surface area contributed by atoms with Crippen LogP contribution in [0.1, 0.15) is 25.5 Å². The zero-order chi connectivity index (χ0) is 14.3. The molecule has 5 nitrogen and oxygen atoms in total.